The zero-order valence-corrected chi connectivity index (χ0v) is 13.0. The zero-order valence-electron chi connectivity index (χ0n) is 12.1. The Bertz CT molecular complexity index is 666. The minimum atomic E-state index is -1.05. The molecule has 2 rings (SSSR count). The third-order valence-electron chi connectivity index (χ3n) is 3.14. The smallest absolute Gasteiger partial charge is 0.338 e. The van der Waals surface area contributed by atoms with E-state index in [1.165, 1.54) is 17.4 Å². The van der Waals surface area contributed by atoms with Gasteiger partial charge in [-0.05, 0) is 34.6 Å². The number of benzene rings is 1. The van der Waals surface area contributed by atoms with Crippen LogP contribution in [-0.4, -0.2) is 17.0 Å². The average Bonchev–Trinajstić information content (AvgIpc) is 2.86. The van der Waals surface area contributed by atoms with Crippen LogP contribution >= 0.6 is 11.3 Å². The van der Waals surface area contributed by atoms with Crippen LogP contribution in [-0.2, 0) is 5.41 Å². The number of anilines is 1. The van der Waals surface area contributed by atoms with Crippen molar-refractivity contribution in [2.75, 3.05) is 5.32 Å². The highest BCUT2D eigenvalue weighted by Gasteiger charge is 2.16. The number of carbonyl (C=O) groups is 2. The fourth-order valence-electron chi connectivity index (χ4n) is 1.87. The lowest BCUT2D eigenvalue weighted by Gasteiger charge is -2.19. The fourth-order valence-corrected chi connectivity index (χ4v) is 2.65. The van der Waals surface area contributed by atoms with Crippen molar-refractivity contribution < 1.29 is 14.7 Å². The minimum absolute atomic E-state index is 0.0270. The van der Waals surface area contributed by atoms with Gasteiger partial charge in [-0.25, -0.2) is 4.79 Å². The quantitative estimate of drug-likeness (QED) is 0.900. The van der Waals surface area contributed by atoms with Crippen LogP contribution in [0.25, 0.3) is 0 Å². The van der Waals surface area contributed by atoms with Crippen molar-refractivity contribution in [2.45, 2.75) is 26.2 Å². The Balaban J connectivity index is 2.17. The van der Waals surface area contributed by atoms with Gasteiger partial charge in [0.05, 0.1) is 5.56 Å². The Morgan fingerprint density at radius 1 is 1.10 bits per heavy atom. The maximum atomic E-state index is 12.2. The van der Waals surface area contributed by atoms with Gasteiger partial charge in [-0.3, -0.25) is 4.79 Å². The molecule has 0 bridgehead atoms. The Morgan fingerprint density at radius 2 is 1.71 bits per heavy atom. The molecule has 0 aliphatic carbocycles. The molecule has 0 spiro atoms. The van der Waals surface area contributed by atoms with Crippen molar-refractivity contribution in [3.63, 3.8) is 0 Å². The molecule has 0 saturated heterocycles. The molecule has 1 amide bonds. The highest BCUT2D eigenvalue weighted by Crippen LogP contribution is 2.25. The Hall–Kier alpha value is -2.14. The first-order chi connectivity index (χ1) is 9.79. The summed E-state index contributed by atoms with van der Waals surface area (Å²) in [6.45, 7) is 6.31. The molecule has 0 fully saturated rings. The van der Waals surface area contributed by atoms with Gasteiger partial charge in [0.15, 0.2) is 0 Å². The number of rotatable bonds is 3. The number of amides is 1. The SMILES string of the molecule is CC(C)(C)c1ccc(C(=O)Nc2sccc2C(=O)O)cc1. The van der Waals surface area contributed by atoms with Crippen molar-refractivity contribution in [3.05, 3.63) is 52.4 Å². The molecule has 110 valence electrons. The number of aromatic carboxylic acids is 1. The molecular weight excluding hydrogens is 286 g/mol. The van der Waals surface area contributed by atoms with E-state index in [0.717, 1.165) is 5.56 Å². The number of nitrogens with one attached hydrogen (secondary N) is 1. The first kappa shape index (κ1) is 15.3. The standard InChI is InChI=1S/C16H17NO3S/c1-16(2,3)11-6-4-10(5-7-11)13(18)17-14-12(15(19)20)8-9-21-14/h4-9H,1-3H3,(H,17,18)(H,19,20). The number of carboxylic acids is 1. The van der Waals surface area contributed by atoms with E-state index in [2.05, 4.69) is 26.1 Å². The highest BCUT2D eigenvalue weighted by molar-refractivity contribution is 7.14. The van der Waals surface area contributed by atoms with Crippen molar-refractivity contribution in [1.82, 2.24) is 0 Å². The zero-order chi connectivity index (χ0) is 15.6. The van der Waals surface area contributed by atoms with Crippen LogP contribution in [0.15, 0.2) is 35.7 Å². The molecule has 2 aromatic rings. The summed E-state index contributed by atoms with van der Waals surface area (Å²) in [7, 11) is 0. The molecule has 0 radical (unpaired) electrons. The maximum Gasteiger partial charge on any atom is 0.338 e. The van der Waals surface area contributed by atoms with E-state index in [1.54, 1.807) is 17.5 Å². The largest absolute Gasteiger partial charge is 0.478 e. The third kappa shape index (κ3) is 3.49. The summed E-state index contributed by atoms with van der Waals surface area (Å²) in [6, 6.07) is 8.82. The van der Waals surface area contributed by atoms with Crippen LogP contribution in [0.4, 0.5) is 5.00 Å². The van der Waals surface area contributed by atoms with Crippen molar-refractivity contribution in [2.24, 2.45) is 0 Å². The number of carboxylic acid groups (broad SMARTS) is 1. The van der Waals surface area contributed by atoms with Crippen LogP contribution in [0.5, 0.6) is 0 Å². The van der Waals surface area contributed by atoms with E-state index < -0.39 is 5.97 Å². The van der Waals surface area contributed by atoms with Crippen molar-refractivity contribution in [3.8, 4) is 0 Å². The first-order valence-corrected chi connectivity index (χ1v) is 7.39. The van der Waals surface area contributed by atoms with Gasteiger partial charge >= 0.3 is 5.97 Å². The fraction of sp³-hybridized carbons (Fsp3) is 0.250. The lowest BCUT2D eigenvalue weighted by atomic mass is 9.87. The second-order valence-electron chi connectivity index (χ2n) is 5.75. The summed E-state index contributed by atoms with van der Waals surface area (Å²) >= 11 is 1.20. The second-order valence-corrected chi connectivity index (χ2v) is 6.67. The van der Waals surface area contributed by atoms with Gasteiger partial charge in [0.25, 0.3) is 5.91 Å². The summed E-state index contributed by atoms with van der Waals surface area (Å²) in [4.78, 5) is 23.2. The summed E-state index contributed by atoms with van der Waals surface area (Å²) in [5.41, 5.74) is 1.79. The predicted octanol–water partition coefficient (Wildman–Crippen LogP) is 4.00. The lowest BCUT2D eigenvalue weighted by molar-refractivity contribution is 0.0698. The first-order valence-electron chi connectivity index (χ1n) is 6.52. The van der Waals surface area contributed by atoms with Gasteiger partial charge in [0.1, 0.15) is 5.00 Å². The van der Waals surface area contributed by atoms with E-state index in [-0.39, 0.29) is 16.9 Å². The summed E-state index contributed by atoms with van der Waals surface area (Å²) in [6.07, 6.45) is 0. The Morgan fingerprint density at radius 3 is 2.24 bits per heavy atom. The molecule has 0 aliphatic heterocycles. The van der Waals surface area contributed by atoms with Gasteiger partial charge in [0.2, 0.25) is 0 Å². The normalized spacial score (nSPS) is 11.2. The molecule has 21 heavy (non-hydrogen) atoms. The minimum Gasteiger partial charge on any atom is -0.478 e. The molecule has 0 atom stereocenters. The van der Waals surface area contributed by atoms with Gasteiger partial charge in [-0.1, -0.05) is 32.9 Å². The summed E-state index contributed by atoms with van der Waals surface area (Å²) in [5, 5.41) is 13.7. The third-order valence-corrected chi connectivity index (χ3v) is 3.97. The molecule has 4 nitrogen and oxygen atoms in total. The molecule has 1 heterocycles. The monoisotopic (exact) mass is 303 g/mol. The van der Waals surface area contributed by atoms with Gasteiger partial charge < -0.3 is 10.4 Å². The molecule has 1 aromatic heterocycles. The number of carbonyl (C=O) groups excluding carboxylic acids is 1. The van der Waals surface area contributed by atoms with Crippen LogP contribution in [0.2, 0.25) is 0 Å². The number of hydrogen-bond acceptors (Lipinski definition) is 3. The van der Waals surface area contributed by atoms with E-state index >= 15 is 0 Å². The number of thiophene rings is 1. The van der Waals surface area contributed by atoms with Crippen LogP contribution in [0.1, 0.15) is 47.1 Å². The van der Waals surface area contributed by atoms with Crippen LogP contribution in [0.3, 0.4) is 0 Å². The van der Waals surface area contributed by atoms with Crippen LogP contribution < -0.4 is 5.32 Å². The molecule has 1 aromatic carbocycles. The van der Waals surface area contributed by atoms with E-state index in [9.17, 15) is 9.59 Å². The second kappa shape index (κ2) is 5.69. The van der Waals surface area contributed by atoms with E-state index in [1.807, 2.05) is 12.1 Å². The lowest BCUT2D eigenvalue weighted by Crippen LogP contribution is -2.15. The summed E-state index contributed by atoms with van der Waals surface area (Å²) in [5.74, 6) is -1.35. The van der Waals surface area contributed by atoms with Crippen molar-refractivity contribution >= 4 is 28.2 Å². The molecule has 2 N–H and O–H groups in total. The Kier molecular flexibility index (Phi) is 4.14. The molecular formula is C16H17NO3S. The van der Waals surface area contributed by atoms with E-state index in [4.69, 9.17) is 5.11 Å². The van der Waals surface area contributed by atoms with Gasteiger partial charge in [0, 0.05) is 5.56 Å². The summed E-state index contributed by atoms with van der Waals surface area (Å²) < 4.78 is 0. The Labute approximate surface area is 127 Å². The molecule has 0 aliphatic rings. The number of hydrogen-bond donors (Lipinski definition) is 2. The molecule has 5 heteroatoms. The van der Waals surface area contributed by atoms with Crippen molar-refractivity contribution in [1.29, 1.82) is 0 Å². The molecule has 0 unspecified atom stereocenters. The van der Waals surface area contributed by atoms with Gasteiger partial charge in [-0.15, -0.1) is 11.3 Å². The van der Waals surface area contributed by atoms with Crippen LogP contribution in [0, 0.1) is 0 Å². The topological polar surface area (TPSA) is 66.4 Å². The highest BCUT2D eigenvalue weighted by atomic mass is 32.1. The van der Waals surface area contributed by atoms with Gasteiger partial charge in [-0.2, -0.15) is 0 Å². The molecule has 0 saturated carbocycles. The maximum absolute atomic E-state index is 12.2. The predicted molar refractivity (Wildman–Crippen MR) is 84.4 cm³/mol. The average molecular weight is 303 g/mol. The van der Waals surface area contributed by atoms with E-state index in [0.29, 0.717) is 10.6 Å².